The Balaban J connectivity index is 1.56. The smallest absolute Gasteiger partial charge is 0.254 e. The Morgan fingerprint density at radius 1 is 1.24 bits per heavy atom. The van der Waals surface area contributed by atoms with Gasteiger partial charge in [0.1, 0.15) is 0 Å². The maximum absolute atomic E-state index is 13.2. The van der Waals surface area contributed by atoms with Crippen LogP contribution in [0.2, 0.25) is 0 Å². The number of hydrogen-bond donors (Lipinski definition) is 1. The SMILES string of the molecule is O=C(c1ccc2nc[nH]c2c1)N(CCc1ccccc1)[C@@H]1CCOC1. The molecule has 25 heavy (non-hydrogen) atoms. The van der Waals surface area contributed by atoms with E-state index in [9.17, 15) is 4.79 Å². The third-order valence-electron chi connectivity index (χ3n) is 4.76. The number of imidazole rings is 1. The van der Waals surface area contributed by atoms with Gasteiger partial charge in [0.2, 0.25) is 0 Å². The van der Waals surface area contributed by atoms with Gasteiger partial charge in [-0.2, -0.15) is 0 Å². The van der Waals surface area contributed by atoms with Crippen molar-refractivity contribution in [2.24, 2.45) is 0 Å². The molecular formula is C20H21N3O2. The summed E-state index contributed by atoms with van der Waals surface area (Å²) in [6.07, 6.45) is 3.39. The summed E-state index contributed by atoms with van der Waals surface area (Å²) in [5.74, 6) is 0.0583. The molecule has 0 saturated carbocycles. The van der Waals surface area contributed by atoms with Crippen molar-refractivity contribution in [3.05, 3.63) is 66.0 Å². The minimum atomic E-state index is 0.0583. The van der Waals surface area contributed by atoms with Crippen molar-refractivity contribution >= 4 is 16.9 Å². The zero-order chi connectivity index (χ0) is 17.1. The quantitative estimate of drug-likeness (QED) is 0.780. The number of benzene rings is 2. The zero-order valence-corrected chi connectivity index (χ0v) is 14.0. The Kier molecular flexibility index (Phi) is 4.48. The molecule has 1 fully saturated rings. The second-order valence-electron chi connectivity index (χ2n) is 6.39. The molecule has 1 aliphatic heterocycles. The number of aromatic amines is 1. The lowest BCUT2D eigenvalue weighted by Crippen LogP contribution is -2.42. The van der Waals surface area contributed by atoms with E-state index in [0.717, 1.165) is 30.5 Å². The van der Waals surface area contributed by atoms with Crippen molar-refractivity contribution in [1.82, 2.24) is 14.9 Å². The number of nitrogens with one attached hydrogen (secondary N) is 1. The first kappa shape index (κ1) is 15.8. The number of carbonyl (C=O) groups is 1. The molecule has 3 aromatic rings. The predicted molar refractivity (Wildman–Crippen MR) is 96.5 cm³/mol. The highest BCUT2D eigenvalue weighted by Crippen LogP contribution is 2.19. The molecule has 128 valence electrons. The molecule has 0 bridgehead atoms. The molecule has 1 atom stereocenters. The third-order valence-corrected chi connectivity index (χ3v) is 4.76. The molecule has 2 aromatic carbocycles. The summed E-state index contributed by atoms with van der Waals surface area (Å²) >= 11 is 0. The molecule has 1 aliphatic rings. The lowest BCUT2D eigenvalue weighted by atomic mass is 10.1. The molecule has 0 unspecified atom stereocenters. The van der Waals surface area contributed by atoms with Crippen LogP contribution >= 0.6 is 0 Å². The number of ether oxygens (including phenoxy) is 1. The third kappa shape index (κ3) is 3.42. The Hall–Kier alpha value is -2.66. The van der Waals surface area contributed by atoms with Crippen LogP contribution in [0.25, 0.3) is 11.0 Å². The molecule has 1 saturated heterocycles. The summed E-state index contributed by atoms with van der Waals surface area (Å²) in [4.78, 5) is 22.4. The fraction of sp³-hybridized carbons (Fsp3) is 0.300. The van der Waals surface area contributed by atoms with Gasteiger partial charge in [-0.15, -0.1) is 0 Å². The van der Waals surface area contributed by atoms with E-state index < -0.39 is 0 Å². The lowest BCUT2D eigenvalue weighted by molar-refractivity contribution is 0.0656. The highest BCUT2D eigenvalue weighted by molar-refractivity contribution is 5.97. The van der Waals surface area contributed by atoms with Crippen LogP contribution < -0.4 is 0 Å². The second-order valence-corrected chi connectivity index (χ2v) is 6.39. The van der Waals surface area contributed by atoms with Crippen molar-refractivity contribution in [3.8, 4) is 0 Å². The van der Waals surface area contributed by atoms with Crippen molar-refractivity contribution in [2.75, 3.05) is 19.8 Å². The van der Waals surface area contributed by atoms with Crippen LogP contribution in [-0.2, 0) is 11.2 Å². The summed E-state index contributed by atoms with van der Waals surface area (Å²) in [6.45, 7) is 2.03. The predicted octanol–water partition coefficient (Wildman–Crippen LogP) is 3.04. The average molecular weight is 335 g/mol. The molecule has 1 aromatic heterocycles. The number of aromatic nitrogens is 2. The minimum absolute atomic E-state index is 0.0583. The largest absolute Gasteiger partial charge is 0.379 e. The van der Waals surface area contributed by atoms with Crippen molar-refractivity contribution in [1.29, 1.82) is 0 Å². The van der Waals surface area contributed by atoms with Crippen molar-refractivity contribution in [2.45, 2.75) is 18.9 Å². The molecule has 1 amide bonds. The van der Waals surface area contributed by atoms with Crippen LogP contribution in [-0.4, -0.2) is 46.6 Å². The van der Waals surface area contributed by atoms with E-state index >= 15 is 0 Å². The Morgan fingerprint density at radius 2 is 2.12 bits per heavy atom. The van der Waals surface area contributed by atoms with Crippen LogP contribution in [0.4, 0.5) is 0 Å². The van der Waals surface area contributed by atoms with Gasteiger partial charge in [-0.3, -0.25) is 4.79 Å². The number of nitrogens with zero attached hydrogens (tertiary/aromatic N) is 2. The van der Waals surface area contributed by atoms with E-state index in [4.69, 9.17) is 4.74 Å². The zero-order valence-electron chi connectivity index (χ0n) is 14.0. The van der Waals surface area contributed by atoms with Gasteiger partial charge in [-0.05, 0) is 36.6 Å². The summed E-state index contributed by atoms with van der Waals surface area (Å²) in [6, 6.07) is 16.1. The molecule has 1 N–H and O–H groups in total. The molecule has 2 heterocycles. The number of amides is 1. The lowest BCUT2D eigenvalue weighted by Gasteiger charge is -2.28. The van der Waals surface area contributed by atoms with E-state index in [0.29, 0.717) is 18.7 Å². The van der Waals surface area contributed by atoms with E-state index in [2.05, 4.69) is 22.1 Å². The van der Waals surface area contributed by atoms with Crippen LogP contribution in [0.1, 0.15) is 22.3 Å². The average Bonchev–Trinajstić information content (AvgIpc) is 3.34. The highest BCUT2D eigenvalue weighted by atomic mass is 16.5. The summed E-state index contributed by atoms with van der Waals surface area (Å²) < 4.78 is 5.52. The summed E-state index contributed by atoms with van der Waals surface area (Å²) in [7, 11) is 0. The van der Waals surface area contributed by atoms with Gasteiger partial charge in [0.05, 0.1) is 30.0 Å². The number of fused-ring (bicyclic) bond motifs is 1. The number of rotatable bonds is 5. The molecule has 5 nitrogen and oxygen atoms in total. The van der Waals surface area contributed by atoms with Crippen molar-refractivity contribution in [3.63, 3.8) is 0 Å². The number of carbonyl (C=O) groups excluding carboxylic acids is 1. The standard InChI is InChI=1S/C20H21N3O2/c24-20(16-6-7-18-19(12-16)22-14-21-18)23(17-9-11-25-13-17)10-8-15-4-2-1-3-5-15/h1-7,12,14,17H,8-11,13H2,(H,21,22)/t17-/m1/s1. The van der Waals surface area contributed by atoms with Gasteiger partial charge >= 0.3 is 0 Å². The first-order chi connectivity index (χ1) is 12.3. The number of H-pyrrole nitrogens is 1. The van der Waals surface area contributed by atoms with Gasteiger partial charge in [0.15, 0.2) is 0 Å². The fourth-order valence-corrected chi connectivity index (χ4v) is 3.35. The topological polar surface area (TPSA) is 58.2 Å². The first-order valence-electron chi connectivity index (χ1n) is 8.67. The number of hydrogen-bond acceptors (Lipinski definition) is 3. The molecular weight excluding hydrogens is 314 g/mol. The fourth-order valence-electron chi connectivity index (χ4n) is 3.35. The van der Waals surface area contributed by atoms with E-state index in [1.165, 1.54) is 5.56 Å². The maximum Gasteiger partial charge on any atom is 0.254 e. The normalized spacial score (nSPS) is 17.0. The van der Waals surface area contributed by atoms with Crippen LogP contribution in [0, 0.1) is 0 Å². The Morgan fingerprint density at radius 3 is 2.92 bits per heavy atom. The molecule has 0 spiro atoms. The molecule has 0 aliphatic carbocycles. The minimum Gasteiger partial charge on any atom is -0.379 e. The van der Waals surface area contributed by atoms with E-state index in [1.807, 2.05) is 41.3 Å². The summed E-state index contributed by atoms with van der Waals surface area (Å²) in [5.41, 5.74) is 3.69. The van der Waals surface area contributed by atoms with Gasteiger partial charge in [0.25, 0.3) is 5.91 Å². The first-order valence-corrected chi connectivity index (χ1v) is 8.67. The summed E-state index contributed by atoms with van der Waals surface area (Å²) in [5, 5.41) is 0. The van der Waals surface area contributed by atoms with Gasteiger partial charge in [-0.25, -0.2) is 4.98 Å². The van der Waals surface area contributed by atoms with Crippen LogP contribution in [0.15, 0.2) is 54.9 Å². The Labute approximate surface area is 146 Å². The maximum atomic E-state index is 13.2. The second kappa shape index (κ2) is 7.07. The van der Waals surface area contributed by atoms with Crippen molar-refractivity contribution < 1.29 is 9.53 Å². The van der Waals surface area contributed by atoms with Gasteiger partial charge in [-0.1, -0.05) is 30.3 Å². The molecule has 0 radical (unpaired) electrons. The van der Waals surface area contributed by atoms with E-state index in [1.54, 1.807) is 6.33 Å². The van der Waals surface area contributed by atoms with E-state index in [-0.39, 0.29) is 11.9 Å². The molecule has 4 rings (SSSR count). The Bertz CT molecular complexity index is 854. The van der Waals surface area contributed by atoms with Gasteiger partial charge in [0, 0.05) is 18.7 Å². The van der Waals surface area contributed by atoms with Crippen LogP contribution in [0.3, 0.4) is 0 Å². The van der Waals surface area contributed by atoms with Gasteiger partial charge < -0.3 is 14.6 Å². The van der Waals surface area contributed by atoms with Crippen LogP contribution in [0.5, 0.6) is 0 Å². The molecule has 5 heteroatoms. The highest BCUT2D eigenvalue weighted by Gasteiger charge is 2.28. The monoisotopic (exact) mass is 335 g/mol.